The van der Waals surface area contributed by atoms with E-state index in [1.165, 1.54) is 32.1 Å². The third kappa shape index (κ3) is 9.21. The lowest BCUT2D eigenvalue weighted by atomic mass is 10.0. The van der Waals surface area contributed by atoms with E-state index in [9.17, 15) is 5.11 Å². The van der Waals surface area contributed by atoms with Crippen molar-refractivity contribution in [3.63, 3.8) is 0 Å². The second kappa shape index (κ2) is 8.43. The van der Waals surface area contributed by atoms with Crippen LogP contribution in [0.25, 0.3) is 0 Å². The first-order chi connectivity index (χ1) is 7.02. The second-order valence-electron chi connectivity index (χ2n) is 4.72. The van der Waals surface area contributed by atoms with Crippen LogP contribution < -0.4 is 0 Å². The van der Waals surface area contributed by atoms with Crippen LogP contribution in [0.5, 0.6) is 0 Å². The van der Waals surface area contributed by atoms with Gasteiger partial charge in [-0.15, -0.1) is 0 Å². The molecular weight excluding hydrogens is 208 g/mol. The zero-order valence-electron chi connectivity index (χ0n) is 10.3. The molecule has 0 aliphatic rings. The zero-order chi connectivity index (χ0) is 11.7. The van der Waals surface area contributed by atoms with Gasteiger partial charge in [0.05, 0.1) is 12.7 Å². The van der Waals surface area contributed by atoms with Crippen LogP contribution >= 0.6 is 11.8 Å². The lowest BCUT2D eigenvalue weighted by Crippen LogP contribution is -2.22. The van der Waals surface area contributed by atoms with E-state index in [0.29, 0.717) is 5.75 Å². The van der Waals surface area contributed by atoms with E-state index in [0.717, 1.165) is 0 Å². The molecule has 2 N–H and O–H groups in total. The first-order valence-electron chi connectivity index (χ1n) is 5.94. The molecule has 0 spiro atoms. The molecule has 0 radical (unpaired) electrons. The molecule has 2 nitrogen and oxygen atoms in total. The summed E-state index contributed by atoms with van der Waals surface area (Å²) in [5.74, 6) is 0.636. The fourth-order valence-electron chi connectivity index (χ4n) is 1.42. The van der Waals surface area contributed by atoms with Gasteiger partial charge in [-0.25, -0.2) is 0 Å². The summed E-state index contributed by atoms with van der Waals surface area (Å²) in [6.45, 7) is 6.53. The van der Waals surface area contributed by atoms with Crippen molar-refractivity contribution in [3.05, 3.63) is 0 Å². The van der Waals surface area contributed by atoms with E-state index < -0.39 is 6.10 Å². The largest absolute Gasteiger partial charge is 0.394 e. The maximum Gasteiger partial charge on any atom is 0.0861 e. The molecule has 1 atom stereocenters. The number of hydrogen-bond acceptors (Lipinski definition) is 3. The van der Waals surface area contributed by atoms with Crippen molar-refractivity contribution in [2.75, 3.05) is 12.4 Å². The minimum atomic E-state index is -0.565. The summed E-state index contributed by atoms with van der Waals surface area (Å²) in [5, 5.41) is 18.0. The summed E-state index contributed by atoms with van der Waals surface area (Å²) in [7, 11) is 0. The molecule has 0 aromatic heterocycles. The normalized spacial score (nSPS) is 14.2. The molecule has 0 bridgehead atoms. The van der Waals surface area contributed by atoms with Gasteiger partial charge in [0.15, 0.2) is 0 Å². The minimum absolute atomic E-state index is 0.126. The highest BCUT2D eigenvalue weighted by molar-refractivity contribution is 8.00. The van der Waals surface area contributed by atoms with E-state index in [-0.39, 0.29) is 11.4 Å². The molecule has 0 aliphatic heterocycles. The summed E-state index contributed by atoms with van der Waals surface area (Å²) < 4.78 is 0.226. The van der Waals surface area contributed by atoms with Crippen molar-refractivity contribution < 1.29 is 10.2 Å². The van der Waals surface area contributed by atoms with Crippen LogP contribution in [0.3, 0.4) is 0 Å². The van der Waals surface area contributed by atoms with Crippen LogP contribution in [0.1, 0.15) is 52.9 Å². The van der Waals surface area contributed by atoms with Gasteiger partial charge < -0.3 is 10.2 Å². The van der Waals surface area contributed by atoms with Crippen molar-refractivity contribution in [2.24, 2.45) is 0 Å². The molecule has 15 heavy (non-hydrogen) atoms. The van der Waals surface area contributed by atoms with Crippen LogP contribution in [0.2, 0.25) is 0 Å². The van der Waals surface area contributed by atoms with Gasteiger partial charge in [-0.1, -0.05) is 46.5 Å². The van der Waals surface area contributed by atoms with Gasteiger partial charge in [-0.05, 0) is 6.42 Å². The maximum atomic E-state index is 9.26. The topological polar surface area (TPSA) is 40.5 Å². The van der Waals surface area contributed by atoms with Crippen molar-refractivity contribution >= 4 is 11.8 Å². The summed E-state index contributed by atoms with van der Waals surface area (Å²) in [6, 6.07) is 0. The maximum absolute atomic E-state index is 9.26. The Morgan fingerprint density at radius 2 is 1.87 bits per heavy atom. The van der Waals surface area contributed by atoms with Crippen molar-refractivity contribution in [2.45, 2.75) is 63.7 Å². The molecule has 0 aromatic rings. The van der Waals surface area contributed by atoms with Crippen LogP contribution in [-0.4, -0.2) is 33.4 Å². The SMILES string of the molecule is CCCCCCC(C)(C)SCC(O)CO. The van der Waals surface area contributed by atoms with Gasteiger partial charge in [0, 0.05) is 10.5 Å². The van der Waals surface area contributed by atoms with Gasteiger partial charge in [-0.3, -0.25) is 0 Å². The quantitative estimate of drug-likeness (QED) is 0.603. The Labute approximate surface area is 98.5 Å². The van der Waals surface area contributed by atoms with E-state index in [4.69, 9.17) is 5.11 Å². The molecule has 0 heterocycles. The average Bonchev–Trinajstić information content (AvgIpc) is 2.21. The average molecular weight is 234 g/mol. The Morgan fingerprint density at radius 1 is 1.20 bits per heavy atom. The summed E-state index contributed by atoms with van der Waals surface area (Å²) in [5.41, 5.74) is 0. The lowest BCUT2D eigenvalue weighted by molar-refractivity contribution is 0.113. The number of hydrogen-bond donors (Lipinski definition) is 2. The molecule has 0 aliphatic carbocycles. The first kappa shape index (κ1) is 15.3. The van der Waals surface area contributed by atoms with Gasteiger partial charge >= 0.3 is 0 Å². The van der Waals surface area contributed by atoms with Crippen LogP contribution in [0, 0.1) is 0 Å². The number of rotatable bonds is 9. The molecule has 0 saturated carbocycles. The van der Waals surface area contributed by atoms with Crippen molar-refractivity contribution in [1.82, 2.24) is 0 Å². The summed E-state index contributed by atoms with van der Waals surface area (Å²) >= 11 is 1.76. The van der Waals surface area contributed by atoms with E-state index in [1.807, 2.05) is 0 Å². The molecule has 92 valence electrons. The predicted molar refractivity (Wildman–Crippen MR) is 68.4 cm³/mol. The fraction of sp³-hybridized carbons (Fsp3) is 1.00. The van der Waals surface area contributed by atoms with Crippen LogP contribution in [-0.2, 0) is 0 Å². The smallest absolute Gasteiger partial charge is 0.0861 e. The monoisotopic (exact) mass is 234 g/mol. The zero-order valence-corrected chi connectivity index (χ0v) is 11.1. The van der Waals surface area contributed by atoms with Crippen LogP contribution in [0.15, 0.2) is 0 Å². The van der Waals surface area contributed by atoms with Crippen molar-refractivity contribution in [3.8, 4) is 0 Å². The number of aliphatic hydroxyl groups is 2. The highest BCUT2D eigenvalue weighted by Crippen LogP contribution is 2.30. The standard InChI is InChI=1S/C12H26O2S/c1-4-5-6-7-8-12(2,3)15-10-11(14)9-13/h11,13-14H,4-10H2,1-3H3. The van der Waals surface area contributed by atoms with Gasteiger partial charge in [0.25, 0.3) is 0 Å². The Kier molecular flexibility index (Phi) is 8.58. The molecule has 1 unspecified atom stereocenters. The molecule has 0 saturated heterocycles. The molecule has 0 rings (SSSR count). The third-order valence-electron chi connectivity index (χ3n) is 2.51. The highest BCUT2D eigenvalue weighted by atomic mass is 32.2. The molecule has 3 heteroatoms. The van der Waals surface area contributed by atoms with E-state index in [2.05, 4.69) is 20.8 Å². The second-order valence-corrected chi connectivity index (χ2v) is 6.44. The Bertz CT molecular complexity index is 149. The Hall–Kier alpha value is 0.270. The molecule has 0 amide bonds. The van der Waals surface area contributed by atoms with Gasteiger partial charge in [-0.2, -0.15) is 11.8 Å². The van der Waals surface area contributed by atoms with Gasteiger partial charge in [0.2, 0.25) is 0 Å². The van der Waals surface area contributed by atoms with E-state index in [1.54, 1.807) is 11.8 Å². The Morgan fingerprint density at radius 3 is 2.40 bits per heavy atom. The Balaban J connectivity index is 3.57. The number of aliphatic hydroxyl groups excluding tert-OH is 2. The van der Waals surface area contributed by atoms with Crippen LogP contribution in [0.4, 0.5) is 0 Å². The van der Waals surface area contributed by atoms with Crippen molar-refractivity contribution in [1.29, 1.82) is 0 Å². The summed E-state index contributed by atoms with van der Waals surface area (Å²) in [6.07, 6.45) is 5.79. The third-order valence-corrected chi connectivity index (χ3v) is 4.05. The molecular formula is C12H26O2S. The highest BCUT2D eigenvalue weighted by Gasteiger charge is 2.19. The van der Waals surface area contributed by atoms with E-state index >= 15 is 0 Å². The minimum Gasteiger partial charge on any atom is -0.394 e. The molecule has 0 fully saturated rings. The lowest BCUT2D eigenvalue weighted by Gasteiger charge is -2.25. The predicted octanol–water partition coefficient (Wildman–Crippen LogP) is 2.82. The number of thioether (sulfide) groups is 1. The number of unbranched alkanes of at least 4 members (excludes halogenated alkanes) is 3. The summed E-state index contributed by atoms with van der Waals surface area (Å²) in [4.78, 5) is 0. The van der Waals surface area contributed by atoms with Gasteiger partial charge in [0.1, 0.15) is 0 Å². The fourth-order valence-corrected chi connectivity index (χ4v) is 2.46. The molecule has 0 aromatic carbocycles. The first-order valence-corrected chi connectivity index (χ1v) is 6.93.